The molecule has 0 spiro atoms. The lowest BCUT2D eigenvalue weighted by atomic mass is 9.72. The van der Waals surface area contributed by atoms with Crippen molar-refractivity contribution >= 4 is 35.8 Å². The number of aliphatic hydroxyl groups is 2. The fraction of sp³-hybridized carbons (Fsp3) is 0.613. The highest BCUT2D eigenvalue weighted by Gasteiger charge is 2.30. The topological polar surface area (TPSA) is 175 Å². The van der Waals surface area contributed by atoms with Gasteiger partial charge in [0.1, 0.15) is 5.70 Å². The van der Waals surface area contributed by atoms with E-state index in [1.165, 1.54) is 17.1 Å². The minimum absolute atomic E-state index is 0.0651. The van der Waals surface area contributed by atoms with Crippen LogP contribution in [0.15, 0.2) is 41.6 Å². The smallest absolute Gasteiger partial charge is 0.267 e. The number of carbonyl (C=O) groups is 5. The predicted molar refractivity (Wildman–Crippen MR) is 162 cm³/mol. The minimum atomic E-state index is -0.620. The Balaban J connectivity index is 1.64. The van der Waals surface area contributed by atoms with Gasteiger partial charge in [-0.15, -0.1) is 0 Å². The second-order valence-electron chi connectivity index (χ2n) is 10.7. The van der Waals surface area contributed by atoms with Crippen LogP contribution >= 0.6 is 0 Å². The Labute approximate surface area is 258 Å². The molecule has 0 unspecified atom stereocenters. The molecule has 0 atom stereocenters. The maximum Gasteiger partial charge on any atom is 0.267 e. The average Bonchev–Trinajstić information content (AvgIpc) is 3.52. The lowest BCUT2D eigenvalue weighted by molar-refractivity contribution is -0.138. The van der Waals surface area contributed by atoms with E-state index in [1.807, 2.05) is 0 Å². The first-order valence-electron chi connectivity index (χ1n) is 15.2. The molecule has 0 aromatic rings. The van der Waals surface area contributed by atoms with Gasteiger partial charge in [0.25, 0.3) is 29.5 Å². The number of ether oxygens (including phenoxy) is 2. The molecule has 0 fully saturated rings. The first kappa shape index (κ1) is 36.7. The molecule has 0 saturated carbocycles. The summed E-state index contributed by atoms with van der Waals surface area (Å²) in [6.07, 6.45) is 13.2. The maximum absolute atomic E-state index is 12.2. The molecule has 2 aliphatic rings. The summed E-state index contributed by atoms with van der Waals surface area (Å²) in [5, 5.41) is 21.6. The van der Waals surface area contributed by atoms with Crippen LogP contribution in [0.3, 0.4) is 0 Å². The second-order valence-corrected chi connectivity index (χ2v) is 10.7. The summed E-state index contributed by atoms with van der Waals surface area (Å²) >= 11 is 0. The van der Waals surface area contributed by atoms with E-state index in [-0.39, 0.29) is 49.3 Å². The molecule has 44 heavy (non-hydrogen) atoms. The quantitative estimate of drug-likeness (QED) is 0.0585. The number of aliphatic imine (C=N–C) groups is 1. The molecule has 0 radical (unpaired) electrons. The van der Waals surface area contributed by atoms with Gasteiger partial charge in [0.15, 0.2) is 0 Å². The highest BCUT2D eigenvalue weighted by atomic mass is 16.5. The highest BCUT2D eigenvalue weighted by molar-refractivity contribution is 6.18. The van der Waals surface area contributed by atoms with Crippen molar-refractivity contribution < 1.29 is 43.7 Å². The zero-order valence-corrected chi connectivity index (χ0v) is 25.4. The molecule has 5 amide bonds. The van der Waals surface area contributed by atoms with Gasteiger partial charge in [-0.1, -0.05) is 6.58 Å². The number of hydrogen-bond acceptors (Lipinski definition) is 10. The third-order valence-electron chi connectivity index (χ3n) is 7.47. The van der Waals surface area contributed by atoms with Crippen LogP contribution in [0.1, 0.15) is 57.8 Å². The standard InChI is InChI=1S/C31H46N4O9/c1-25(35-28(40)9-10-29(35)41)30(42)33-17-24-44-22-5-14-31(11-2-19-36,12-3-20-37)13-4-21-43-23-16-32-15-6-18-34-26(38)7-8-27(34)39/h7-10,15,36-37H,1-6,11-14,16-24H2,(H,33,42)/b32-15+. The van der Waals surface area contributed by atoms with Crippen molar-refractivity contribution in [1.29, 1.82) is 0 Å². The van der Waals surface area contributed by atoms with Crippen molar-refractivity contribution in [2.75, 3.05) is 59.3 Å². The normalized spacial score (nSPS) is 15.0. The second kappa shape index (κ2) is 20.4. The Morgan fingerprint density at radius 1 is 0.818 bits per heavy atom. The zero-order valence-electron chi connectivity index (χ0n) is 25.4. The molecule has 2 heterocycles. The molecular weight excluding hydrogens is 572 g/mol. The molecule has 0 saturated heterocycles. The number of nitrogens with zero attached hydrogens (tertiary/aromatic N) is 3. The van der Waals surface area contributed by atoms with Crippen molar-refractivity contribution in [3.8, 4) is 0 Å². The molecule has 3 N–H and O–H groups in total. The van der Waals surface area contributed by atoms with Gasteiger partial charge in [-0.3, -0.25) is 33.9 Å². The summed E-state index contributed by atoms with van der Waals surface area (Å²) in [5.41, 5.74) is -0.299. The molecule has 0 bridgehead atoms. The van der Waals surface area contributed by atoms with Gasteiger partial charge in [0.05, 0.1) is 19.8 Å². The Hall–Kier alpha value is -3.52. The van der Waals surface area contributed by atoms with Gasteiger partial charge >= 0.3 is 0 Å². The number of carbonyl (C=O) groups excluding carboxylic acids is 5. The first-order valence-corrected chi connectivity index (χ1v) is 15.2. The minimum Gasteiger partial charge on any atom is -0.396 e. The van der Waals surface area contributed by atoms with Gasteiger partial charge in [0.2, 0.25) is 0 Å². The molecule has 0 aliphatic carbocycles. The lowest BCUT2D eigenvalue weighted by Gasteiger charge is -2.34. The molecule has 13 nitrogen and oxygen atoms in total. The van der Waals surface area contributed by atoms with Crippen molar-refractivity contribution in [3.05, 3.63) is 36.6 Å². The molecule has 13 heteroatoms. The number of hydrogen-bond donors (Lipinski definition) is 3. The van der Waals surface area contributed by atoms with Crippen molar-refractivity contribution in [2.45, 2.75) is 57.8 Å². The van der Waals surface area contributed by atoms with E-state index in [2.05, 4.69) is 16.9 Å². The number of imide groups is 2. The maximum atomic E-state index is 12.2. The summed E-state index contributed by atoms with van der Waals surface area (Å²) in [6, 6.07) is 0. The molecule has 2 rings (SSSR count). The van der Waals surface area contributed by atoms with E-state index < -0.39 is 17.7 Å². The van der Waals surface area contributed by atoms with Crippen LogP contribution in [0.25, 0.3) is 0 Å². The molecular formula is C31H46N4O9. The van der Waals surface area contributed by atoms with Crippen LogP contribution in [-0.4, -0.2) is 115 Å². The zero-order chi connectivity index (χ0) is 32.2. The largest absolute Gasteiger partial charge is 0.396 e. The lowest BCUT2D eigenvalue weighted by Crippen LogP contribution is -2.38. The van der Waals surface area contributed by atoms with Crippen molar-refractivity contribution in [3.63, 3.8) is 0 Å². The predicted octanol–water partition coefficient (Wildman–Crippen LogP) is 1.05. The number of aliphatic hydroxyl groups excluding tert-OH is 2. The van der Waals surface area contributed by atoms with Gasteiger partial charge < -0.3 is 25.0 Å². The van der Waals surface area contributed by atoms with Crippen LogP contribution in [0.4, 0.5) is 0 Å². The summed E-state index contributed by atoms with van der Waals surface area (Å²) in [7, 11) is 0. The van der Waals surface area contributed by atoms with Gasteiger partial charge in [0, 0.05) is 76.5 Å². The number of amides is 5. The van der Waals surface area contributed by atoms with Crippen LogP contribution in [0.5, 0.6) is 0 Å². The van der Waals surface area contributed by atoms with Crippen LogP contribution in [-0.2, 0) is 33.4 Å². The Morgan fingerprint density at radius 2 is 1.34 bits per heavy atom. The SMILES string of the molecule is C=C(C(=O)NCCOCCCC(CCCO)(CCCO)CCCOCC/N=C/CCN1C(=O)C=CC1=O)N1C(=O)C=CC1=O. The molecule has 2 aliphatic heterocycles. The fourth-order valence-electron chi connectivity index (χ4n) is 5.21. The Morgan fingerprint density at radius 3 is 1.91 bits per heavy atom. The average molecular weight is 619 g/mol. The summed E-state index contributed by atoms with van der Waals surface area (Å²) in [5.74, 6) is -2.42. The van der Waals surface area contributed by atoms with E-state index in [0.717, 1.165) is 55.6 Å². The van der Waals surface area contributed by atoms with E-state index >= 15 is 0 Å². The molecule has 244 valence electrons. The van der Waals surface area contributed by atoms with Crippen LogP contribution in [0.2, 0.25) is 0 Å². The third kappa shape index (κ3) is 12.6. The van der Waals surface area contributed by atoms with E-state index in [9.17, 15) is 34.2 Å². The highest BCUT2D eigenvalue weighted by Crippen LogP contribution is 2.39. The summed E-state index contributed by atoms with van der Waals surface area (Å²) < 4.78 is 11.4. The van der Waals surface area contributed by atoms with Gasteiger partial charge in [-0.2, -0.15) is 0 Å². The fourth-order valence-corrected chi connectivity index (χ4v) is 5.21. The Bertz CT molecular complexity index is 1040. The monoisotopic (exact) mass is 618 g/mol. The first-order chi connectivity index (χ1) is 21.2. The van der Waals surface area contributed by atoms with Crippen molar-refractivity contribution in [2.24, 2.45) is 10.4 Å². The van der Waals surface area contributed by atoms with E-state index in [1.54, 1.807) is 6.21 Å². The van der Waals surface area contributed by atoms with Crippen LogP contribution in [0, 0.1) is 5.41 Å². The number of nitrogens with one attached hydrogen (secondary N) is 1. The molecule has 0 aromatic heterocycles. The van der Waals surface area contributed by atoms with E-state index in [4.69, 9.17) is 9.47 Å². The van der Waals surface area contributed by atoms with E-state index in [0.29, 0.717) is 52.2 Å². The number of rotatable bonds is 25. The summed E-state index contributed by atoms with van der Waals surface area (Å²) in [6.45, 7) is 6.44. The van der Waals surface area contributed by atoms with Crippen LogP contribution < -0.4 is 5.32 Å². The van der Waals surface area contributed by atoms with Gasteiger partial charge in [-0.25, -0.2) is 4.90 Å². The Kier molecular flexibility index (Phi) is 17.0. The van der Waals surface area contributed by atoms with Gasteiger partial charge in [-0.05, 0) is 56.8 Å². The third-order valence-corrected chi connectivity index (χ3v) is 7.47. The summed E-state index contributed by atoms with van der Waals surface area (Å²) in [4.78, 5) is 64.8. The van der Waals surface area contributed by atoms with Crippen molar-refractivity contribution in [1.82, 2.24) is 15.1 Å². The molecule has 0 aromatic carbocycles.